The molecule has 0 fully saturated rings. The molecule has 0 atom stereocenters. The van der Waals surface area contributed by atoms with E-state index in [1.165, 1.54) is 49.7 Å². The van der Waals surface area contributed by atoms with Crippen molar-refractivity contribution in [1.29, 1.82) is 0 Å². The SMILES string of the molecule is CC(C)c1ccc(-c2ccc3c4c(cccc24)-c2ccccc2-3)cc1. The van der Waals surface area contributed by atoms with Crippen molar-refractivity contribution in [2.45, 2.75) is 19.8 Å². The van der Waals surface area contributed by atoms with E-state index in [-0.39, 0.29) is 0 Å². The minimum atomic E-state index is 0.566. The minimum absolute atomic E-state index is 0.566. The van der Waals surface area contributed by atoms with E-state index in [0.717, 1.165) is 0 Å². The summed E-state index contributed by atoms with van der Waals surface area (Å²) in [7, 11) is 0. The average Bonchev–Trinajstić information content (AvgIpc) is 2.98. The molecule has 0 N–H and O–H groups in total. The van der Waals surface area contributed by atoms with Crippen molar-refractivity contribution >= 4 is 10.8 Å². The van der Waals surface area contributed by atoms with Crippen LogP contribution in [0.1, 0.15) is 25.3 Å². The Hall–Kier alpha value is -2.86. The molecular formula is C25H20. The van der Waals surface area contributed by atoms with Crippen LogP contribution >= 0.6 is 0 Å². The second kappa shape index (κ2) is 5.32. The van der Waals surface area contributed by atoms with Gasteiger partial charge in [-0.15, -0.1) is 0 Å². The van der Waals surface area contributed by atoms with Crippen LogP contribution in [0, 0.1) is 0 Å². The predicted molar refractivity (Wildman–Crippen MR) is 108 cm³/mol. The van der Waals surface area contributed by atoms with Crippen LogP contribution in [0.2, 0.25) is 0 Å². The van der Waals surface area contributed by atoms with Gasteiger partial charge in [0.15, 0.2) is 0 Å². The van der Waals surface area contributed by atoms with Gasteiger partial charge >= 0.3 is 0 Å². The lowest BCUT2D eigenvalue weighted by Gasteiger charge is -2.11. The van der Waals surface area contributed by atoms with Crippen LogP contribution < -0.4 is 0 Å². The van der Waals surface area contributed by atoms with Crippen molar-refractivity contribution in [3.63, 3.8) is 0 Å². The van der Waals surface area contributed by atoms with Crippen molar-refractivity contribution in [2.75, 3.05) is 0 Å². The summed E-state index contributed by atoms with van der Waals surface area (Å²) in [5.74, 6) is 0.566. The first-order chi connectivity index (χ1) is 12.2. The third-order valence-electron chi connectivity index (χ3n) is 5.44. The molecule has 0 heterocycles. The lowest BCUT2D eigenvalue weighted by Crippen LogP contribution is -1.88. The maximum Gasteiger partial charge on any atom is -0.00201 e. The zero-order valence-electron chi connectivity index (χ0n) is 14.6. The monoisotopic (exact) mass is 320 g/mol. The maximum absolute atomic E-state index is 2.29. The van der Waals surface area contributed by atoms with Gasteiger partial charge in [0.05, 0.1) is 0 Å². The van der Waals surface area contributed by atoms with E-state index < -0.39 is 0 Å². The smallest absolute Gasteiger partial charge is 0.00201 e. The molecule has 0 saturated heterocycles. The van der Waals surface area contributed by atoms with E-state index in [2.05, 4.69) is 92.7 Å². The Morgan fingerprint density at radius 1 is 0.520 bits per heavy atom. The van der Waals surface area contributed by atoms with Gasteiger partial charge < -0.3 is 0 Å². The summed E-state index contributed by atoms with van der Waals surface area (Å²) < 4.78 is 0. The van der Waals surface area contributed by atoms with Crippen LogP contribution in [0.25, 0.3) is 44.2 Å². The highest BCUT2D eigenvalue weighted by Gasteiger charge is 2.21. The molecular weight excluding hydrogens is 300 g/mol. The van der Waals surface area contributed by atoms with E-state index in [1.54, 1.807) is 0 Å². The van der Waals surface area contributed by atoms with Crippen molar-refractivity contribution in [3.8, 4) is 33.4 Å². The van der Waals surface area contributed by atoms with Gasteiger partial charge in [-0.2, -0.15) is 0 Å². The Morgan fingerprint density at radius 2 is 1.12 bits per heavy atom. The quantitative estimate of drug-likeness (QED) is 0.320. The second-order valence-electron chi connectivity index (χ2n) is 7.21. The maximum atomic E-state index is 2.29. The van der Waals surface area contributed by atoms with Crippen molar-refractivity contribution in [3.05, 3.63) is 84.4 Å². The van der Waals surface area contributed by atoms with E-state index in [9.17, 15) is 0 Å². The first kappa shape index (κ1) is 14.5. The van der Waals surface area contributed by atoms with Gasteiger partial charge in [-0.3, -0.25) is 0 Å². The number of hydrogen-bond acceptors (Lipinski definition) is 0. The molecule has 0 aromatic heterocycles. The first-order valence-electron chi connectivity index (χ1n) is 9.00. The van der Waals surface area contributed by atoms with Gasteiger partial charge in [0.1, 0.15) is 0 Å². The fourth-order valence-corrected chi connectivity index (χ4v) is 4.11. The van der Waals surface area contributed by atoms with Gasteiger partial charge in [-0.1, -0.05) is 92.7 Å². The van der Waals surface area contributed by atoms with Gasteiger partial charge in [-0.05, 0) is 55.6 Å². The molecule has 120 valence electrons. The lowest BCUT2D eigenvalue weighted by atomic mass is 9.93. The number of rotatable bonds is 2. The van der Waals surface area contributed by atoms with Crippen molar-refractivity contribution < 1.29 is 0 Å². The molecule has 4 aromatic carbocycles. The van der Waals surface area contributed by atoms with Crippen molar-refractivity contribution in [1.82, 2.24) is 0 Å². The first-order valence-corrected chi connectivity index (χ1v) is 9.00. The zero-order valence-corrected chi connectivity index (χ0v) is 14.6. The van der Waals surface area contributed by atoms with Gasteiger partial charge in [0.25, 0.3) is 0 Å². The molecule has 0 nitrogen and oxygen atoms in total. The number of benzene rings is 4. The van der Waals surface area contributed by atoms with Crippen molar-refractivity contribution in [2.24, 2.45) is 0 Å². The van der Waals surface area contributed by atoms with Gasteiger partial charge in [-0.25, -0.2) is 0 Å². The molecule has 1 aliphatic carbocycles. The Labute approximate surface area is 148 Å². The third kappa shape index (κ3) is 2.07. The van der Waals surface area contributed by atoms with Crippen LogP contribution in [0.3, 0.4) is 0 Å². The number of fused-ring (bicyclic) bond motifs is 3. The molecule has 0 aliphatic heterocycles. The Bertz CT molecular complexity index is 1070. The summed E-state index contributed by atoms with van der Waals surface area (Å²) >= 11 is 0. The summed E-state index contributed by atoms with van der Waals surface area (Å²) in [4.78, 5) is 0. The summed E-state index contributed by atoms with van der Waals surface area (Å²) in [6.07, 6.45) is 0. The average molecular weight is 320 g/mol. The standard InChI is InChI=1S/C25H20/c1-16(2)17-10-12-18(13-11-17)19-14-15-24-21-7-4-3-6-20(21)23-9-5-8-22(19)25(23)24/h3-16H,1-2H3. The molecule has 0 radical (unpaired) electrons. The summed E-state index contributed by atoms with van der Waals surface area (Å²) in [5, 5.41) is 2.75. The molecule has 0 heteroatoms. The van der Waals surface area contributed by atoms with Crippen LogP contribution in [0.5, 0.6) is 0 Å². The minimum Gasteiger partial charge on any atom is -0.0616 e. The Balaban J connectivity index is 1.77. The normalized spacial score (nSPS) is 12.0. The highest BCUT2D eigenvalue weighted by Crippen LogP contribution is 2.49. The van der Waals surface area contributed by atoms with E-state index in [0.29, 0.717) is 5.92 Å². The molecule has 25 heavy (non-hydrogen) atoms. The fourth-order valence-electron chi connectivity index (χ4n) is 4.11. The fraction of sp³-hybridized carbons (Fsp3) is 0.120. The third-order valence-corrected chi connectivity index (χ3v) is 5.44. The largest absolute Gasteiger partial charge is 0.0616 e. The predicted octanol–water partition coefficient (Wildman–Crippen LogP) is 7.28. The number of hydrogen-bond donors (Lipinski definition) is 0. The Kier molecular flexibility index (Phi) is 3.08. The molecule has 0 unspecified atom stereocenters. The van der Waals surface area contributed by atoms with Crippen LogP contribution in [0.15, 0.2) is 78.9 Å². The molecule has 0 amide bonds. The summed E-state index contributed by atoms with van der Waals surface area (Å²) in [6.45, 7) is 4.48. The summed E-state index contributed by atoms with van der Waals surface area (Å²) in [5.41, 5.74) is 9.45. The Morgan fingerprint density at radius 3 is 1.80 bits per heavy atom. The topological polar surface area (TPSA) is 0 Å². The van der Waals surface area contributed by atoms with Gasteiger partial charge in [0.2, 0.25) is 0 Å². The van der Waals surface area contributed by atoms with E-state index in [4.69, 9.17) is 0 Å². The zero-order chi connectivity index (χ0) is 17.0. The van der Waals surface area contributed by atoms with Crippen LogP contribution in [-0.4, -0.2) is 0 Å². The van der Waals surface area contributed by atoms with E-state index in [1.807, 2.05) is 0 Å². The highest BCUT2D eigenvalue weighted by molar-refractivity contribution is 6.18. The van der Waals surface area contributed by atoms with Gasteiger partial charge in [0, 0.05) is 0 Å². The molecule has 0 spiro atoms. The highest BCUT2D eigenvalue weighted by atomic mass is 14.2. The summed E-state index contributed by atoms with van der Waals surface area (Å²) in [6, 6.07) is 29.1. The van der Waals surface area contributed by atoms with E-state index >= 15 is 0 Å². The second-order valence-corrected chi connectivity index (χ2v) is 7.21. The lowest BCUT2D eigenvalue weighted by molar-refractivity contribution is 0.867. The molecule has 5 rings (SSSR count). The molecule has 4 aromatic rings. The molecule has 0 bridgehead atoms. The molecule has 1 aliphatic rings. The van der Waals surface area contributed by atoms with Crippen LogP contribution in [-0.2, 0) is 0 Å². The van der Waals surface area contributed by atoms with Crippen LogP contribution in [0.4, 0.5) is 0 Å². The molecule has 0 saturated carbocycles.